The Morgan fingerprint density at radius 1 is 0.897 bits per heavy atom. The Balaban J connectivity index is 1.74. The maximum absolute atomic E-state index is 12.8. The third kappa shape index (κ3) is 5.34. The topological polar surface area (TPSA) is 58.2 Å². The van der Waals surface area contributed by atoms with Crippen LogP contribution in [0, 0.1) is 0 Å². The van der Waals surface area contributed by atoms with E-state index in [0.29, 0.717) is 10.8 Å². The Kier molecular flexibility index (Phi) is 7.23. The van der Waals surface area contributed by atoms with Crippen LogP contribution in [0.25, 0.3) is 0 Å². The summed E-state index contributed by atoms with van der Waals surface area (Å²) in [5, 5.41) is 9.73. The second kappa shape index (κ2) is 9.85. The molecule has 0 bridgehead atoms. The summed E-state index contributed by atoms with van der Waals surface area (Å²) in [5.74, 6) is 0.0684. The average molecular weight is 427 g/mol. The SMILES string of the molecule is CCC(C)c1ccc(C(NC(=O)C(C)NC(=O)c2cccs2)c2cccs2)cc1. The summed E-state index contributed by atoms with van der Waals surface area (Å²) in [6.07, 6.45) is 1.09. The molecule has 0 saturated carbocycles. The van der Waals surface area contributed by atoms with Gasteiger partial charge in [0.2, 0.25) is 5.91 Å². The molecule has 152 valence electrons. The summed E-state index contributed by atoms with van der Waals surface area (Å²) in [4.78, 5) is 26.7. The van der Waals surface area contributed by atoms with E-state index in [0.717, 1.165) is 16.9 Å². The van der Waals surface area contributed by atoms with Crippen LogP contribution in [0.2, 0.25) is 0 Å². The van der Waals surface area contributed by atoms with E-state index in [1.807, 2.05) is 29.0 Å². The highest BCUT2D eigenvalue weighted by atomic mass is 32.1. The standard InChI is InChI=1S/C23H26N2O2S2/c1-4-15(2)17-9-11-18(12-10-17)21(19-7-5-13-28-19)25-22(26)16(3)24-23(27)20-8-6-14-29-20/h5-16,21H,4H2,1-3H3,(H,24,27)(H,25,26). The van der Waals surface area contributed by atoms with Crippen molar-refractivity contribution >= 4 is 34.5 Å². The molecular formula is C23H26N2O2S2. The molecule has 3 unspecified atom stereocenters. The third-order valence-electron chi connectivity index (χ3n) is 5.05. The lowest BCUT2D eigenvalue weighted by molar-refractivity contribution is -0.123. The fourth-order valence-electron chi connectivity index (χ4n) is 3.04. The lowest BCUT2D eigenvalue weighted by Gasteiger charge is -2.22. The maximum atomic E-state index is 12.8. The normalized spacial score (nSPS) is 14.0. The number of hydrogen-bond donors (Lipinski definition) is 2. The van der Waals surface area contributed by atoms with E-state index in [4.69, 9.17) is 0 Å². The van der Waals surface area contributed by atoms with Crippen molar-refractivity contribution in [3.63, 3.8) is 0 Å². The molecule has 0 aliphatic carbocycles. The van der Waals surface area contributed by atoms with Crippen LogP contribution in [0.15, 0.2) is 59.3 Å². The van der Waals surface area contributed by atoms with Crippen molar-refractivity contribution in [2.24, 2.45) is 0 Å². The Labute approximate surface area is 180 Å². The van der Waals surface area contributed by atoms with Crippen LogP contribution in [0.4, 0.5) is 0 Å². The van der Waals surface area contributed by atoms with Gasteiger partial charge in [-0.3, -0.25) is 9.59 Å². The molecule has 0 saturated heterocycles. The van der Waals surface area contributed by atoms with Gasteiger partial charge in [0, 0.05) is 4.88 Å². The lowest BCUT2D eigenvalue weighted by atomic mass is 9.95. The first kappa shape index (κ1) is 21.3. The van der Waals surface area contributed by atoms with E-state index in [1.54, 1.807) is 24.3 Å². The van der Waals surface area contributed by atoms with Gasteiger partial charge in [0.1, 0.15) is 6.04 Å². The summed E-state index contributed by atoms with van der Waals surface area (Å²) in [7, 11) is 0. The maximum Gasteiger partial charge on any atom is 0.261 e. The molecule has 0 aliphatic rings. The highest BCUT2D eigenvalue weighted by molar-refractivity contribution is 7.12. The van der Waals surface area contributed by atoms with E-state index in [2.05, 4.69) is 48.7 Å². The summed E-state index contributed by atoms with van der Waals surface area (Å²) in [6.45, 7) is 6.10. The van der Waals surface area contributed by atoms with Crippen LogP contribution in [-0.2, 0) is 4.79 Å². The molecule has 2 heterocycles. The fraction of sp³-hybridized carbons (Fsp3) is 0.304. The molecule has 0 spiro atoms. The third-order valence-corrected chi connectivity index (χ3v) is 6.86. The quantitative estimate of drug-likeness (QED) is 0.510. The number of amides is 2. The minimum Gasteiger partial charge on any atom is -0.343 e. The molecule has 2 amide bonds. The van der Waals surface area contributed by atoms with Gasteiger partial charge in [0.15, 0.2) is 0 Å². The smallest absolute Gasteiger partial charge is 0.261 e. The van der Waals surface area contributed by atoms with Crippen LogP contribution in [0.1, 0.15) is 64.8 Å². The molecule has 3 atom stereocenters. The number of benzene rings is 1. The van der Waals surface area contributed by atoms with Gasteiger partial charge >= 0.3 is 0 Å². The van der Waals surface area contributed by atoms with Crippen LogP contribution < -0.4 is 10.6 Å². The molecule has 3 aromatic rings. The van der Waals surface area contributed by atoms with Crippen molar-refractivity contribution in [1.29, 1.82) is 0 Å². The first-order valence-electron chi connectivity index (χ1n) is 9.77. The van der Waals surface area contributed by atoms with Crippen molar-refractivity contribution in [2.45, 2.75) is 45.2 Å². The van der Waals surface area contributed by atoms with Gasteiger partial charge < -0.3 is 10.6 Å². The van der Waals surface area contributed by atoms with Crippen LogP contribution >= 0.6 is 22.7 Å². The monoisotopic (exact) mass is 426 g/mol. The number of carbonyl (C=O) groups excluding carboxylic acids is 2. The van der Waals surface area contributed by atoms with Gasteiger partial charge in [-0.05, 0) is 53.3 Å². The van der Waals surface area contributed by atoms with E-state index >= 15 is 0 Å². The Morgan fingerprint density at radius 3 is 2.14 bits per heavy atom. The molecule has 2 aromatic heterocycles. The minimum atomic E-state index is -0.633. The van der Waals surface area contributed by atoms with Crippen molar-refractivity contribution in [2.75, 3.05) is 0 Å². The lowest BCUT2D eigenvalue weighted by Crippen LogP contribution is -2.45. The molecule has 3 rings (SSSR count). The first-order chi connectivity index (χ1) is 14.0. The number of rotatable bonds is 8. The van der Waals surface area contributed by atoms with E-state index in [1.165, 1.54) is 16.9 Å². The predicted molar refractivity (Wildman–Crippen MR) is 121 cm³/mol. The number of thiophene rings is 2. The number of nitrogens with one attached hydrogen (secondary N) is 2. The molecule has 0 fully saturated rings. The van der Waals surface area contributed by atoms with Crippen molar-refractivity contribution in [1.82, 2.24) is 10.6 Å². The highest BCUT2D eigenvalue weighted by Crippen LogP contribution is 2.28. The average Bonchev–Trinajstić information content (AvgIpc) is 3.45. The van der Waals surface area contributed by atoms with Gasteiger partial charge in [-0.15, -0.1) is 22.7 Å². The Bertz CT molecular complexity index is 918. The number of carbonyl (C=O) groups is 2. The van der Waals surface area contributed by atoms with Crippen LogP contribution in [-0.4, -0.2) is 17.9 Å². The molecule has 6 heteroatoms. The van der Waals surface area contributed by atoms with E-state index < -0.39 is 6.04 Å². The summed E-state index contributed by atoms with van der Waals surface area (Å²) in [5.41, 5.74) is 2.33. The summed E-state index contributed by atoms with van der Waals surface area (Å²) >= 11 is 2.96. The predicted octanol–water partition coefficient (Wildman–Crippen LogP) is 5.35. The Hall–Kier alpha value is -2.44. The van der Waals surface area contributed by atoms with Crippen molar-refractivity contribution in [3.8, 4) is 0 Å². The second-order valence-corrected chi connectivity index (χ2v) is 9.03. The fourth-order valence-corrected chi connectivity index (χ4v) is 4.46. The largest absolute Gasteiger partial charge is 0.343 e. The summed E-state index contributed by atoms with van der Waals surface area (Å²) < 4.78 is 0. The molecule has 0 aliphatic heterocycles. The minimum absolute atomic E-state index is 0.209. The van der Waals surface area contributed by atoms with E-state index in [-0.39, 0.29) is 17.9 Å². The van der Waals surface area contributed by atoms with Crippen LogP contribution in [0.3, 0.4) is 0 Å². The highest BCUT2D eigenvalue weighted by Gasteiger charge is 2.23. The van der Waals surface area contributed by atoms with Gasteiger partial charge in [0.25, 0.3) is 5.91 Å². The second-order valence-electron chi connectivity index (χ2n) is 7.11. The van der Waals surface area contributed by atoms with Crippen molar-refractivity contribution in [3.05, 3.63) is 80.2 Å². The zero-order chi connectivity index (χ0) is 20.8. The van der Waals surface area contributed by atoms with Crippen molar-refractivity contribution < 1.29 is 9.59 Å². The Morgan fingerprint density at radius 2 is 1.55 bits per heavy atom. The molecule has 29 heavy (non-hydrogen) atoms. The molecule has 0 radical (unpaired) electrons. The molecule has 4 nitrogen and oxygen atoms in total. The molecule has 2 N–H and O–H groups in total. The van der Waals surface area contributed by atoms with E-state index in [9.17, 15) is 9.59 Å². The van der Waals surface area contributed by atoms with Gasteiger partial charge in [-0.1, -0.05) is 50.2 Å². The zero-order valence-corrected chi connectivity index (χ0v) is 18.5. The molecule has 1 aromatic carbocycles. The summed E-state index contributed by atoms with van der Waals surface area (Å²) in [6, 6.07) is 15.1. The number of hydrogen-bond acceptors (Lipinski definition) is 4. The van der Waals surface area contributed by atoms with Gasteiger partial charge in [0.05, 0.1) is 10.9 Å². The first-order valence-corrected chi connectivity index (χ1v) is 11.5. The van der Waals surface area contributed by atoms with Gasteiger partial charge in [-0.25, -0.2) is 0 Å². The van der Waals surface area contributed by atoms with Gasteiger partial charge in [-0.2, -0.15) is 0 Å². The molecular weight excluding hydrogens is 400 g/mol. The zero-order valence-electron chi connectivity index (χ0n) is 16.8. The van der Waals surface area contributed by atoms with Crippen LogP contribution in [0.5, 0.6) is 0 Å².